The van der Waals surface area contributed by atoms with Crippen LogP contribution >= 0.6 is 0 Å². The number of anilines is 6. The van der Waals surface area contributed by atoms with Gasteiger partial charge in [0, 0.05) is 34.1 Å². The van der Waals surface area contributed by atoms with E-state index in [-0.39, 0.29) is 33.8 Å². The highest BCUT2D eigenvalue weighted by atomic mass is 15.2. The predicted molar refractivity (Wildman–Crippen MR) is 383 cm³/mol. The van der Waals surface area contributed by atoms with Crippen molar-refractivity contribution in [1.29, 1.82) is 0 Å². The van der Waals surface area contributed by atoms with Crippen LogP contribution in [-0.4, -0.2) is 6.71 Å². The van der Waals surface area contributed by atoms with Crippen LogP contribution in [-0.2, 0) is 27.1 Å². The summed E-state index contributed by atoms with van der Waals surface area (Å²) in [4.78, 5) is 5.13. The third kappa shape index (κ3) is 11.8. The minimum absolute atomic E-state index is 0.0141. The molecule has 0 aliphatic carbocycles. The summed E-state index contributed by atoms with van der Waals surface area (Å²) in [5, 5.41) is 5.23. The van der Waals surface area contributed by atoms with E-state index < -0.39 is 0 Å². The van der Waals surface area contributed by atoms with Crippen molar-refractivity contribution in [3.8, 4) is 33.4 Å². The van der Waals surface area contributed by atoms with Crippen LogP contribution in [0.5, 0.6) is 0 Å². The van der Waals surface area contributed by atoms with E-state index in [1.165, 1.54) is 128 Å². The Morgan fingerprint density at radius 1 is 0.264 bits per heavy atom. The highest BCUT2D eigenvalue weighted by Gasteiger charge is 2.44. The van der Waals surface area contributed by atoms with Gasteiger partial charge in [-0.1, -0.05) is 294 Å². The van der Waals surface area contributed by atoms with Crippen molar-refractivity contribution in [2.75, 3.05) is 9.80 Å². The fraction of sp³-hybridized carbons (Fsp3) is 0.262. The smallest absolute Gasteiger partial charge is 0.252 e. The summed E-state index contributed by atoms with van der Waals surface area (Å²) in [7, 11) is 0. The van der Waals surface area contributed by atoms with Crippen LogP contribution in [0.25, 0.3) is 54.9 Å². The van der Waals surface area contributed by atoms with Crippen molar-refractivity contribution in [2.24, 2.45) is 0 Å². The first-order valence-electron chi connectivity index (χ1n) is 31.8. The molecule has 2 aliphatic rings. The lowest BCUT2D eigenvalue weighted by molar-refractivity contribution is 0.590. The van der Waals surface area contributed by atoms with Crippen molar-refractivity contribution in [3.63, 3.8) is 0 Å². The molecule has 438 valence electrons. The molecular formula is C84H89BN2. The number of hydrogen-bond donors (Lipinski definition) is 0. The van der Waals surface area contributed by atoms with Crippen LogP contribution in [0, 0.1) is 0 Å². The molecule has 87 heavy (non-hydrogen) atoms. The number of hydrogen-bond acceptors (Lipinski definition) is 2. The summed E-state index contributed by atoms with van der Waals surface area (Å²) < 4.78 is 0. The fourth-order valence-electron chi connectivity index (χ4n) is 12.8. The summed E-state index contributed by atoms with van der Waals surface area (Å²) in [6.45, 7) is 38.4. The second-order valence-corrected chi connectivity index (χ2v) is 29.1. The van der Waals surface area contributed by atoms with E-state index in [0.717, 1.165) is 5.69 Å². The number of benzene rings is 11. The van der Waals surface area contributed by atoms with Crippen molar-refractivity contribution in [1.82, 2.24) is 0 Å². The van der Waals surface area contributed by atoms with Crippen molar-refractivity contribution in [3.05, 3.63) is 258 Å². The Morgan fingerprint density at radius 2 is 0.644 bits per heavy atom. The van der Waals surface area contributed by atoms with Gasteiger partial charge in [-0.25, -0.2) is 0 Å². The molecule has 0 saturated heterocycles. The van der Waals surface area contributed by atoms with E-state index in [0.29, 0.717) is 0 Å². The van der Waals surface area contributed by atoms with Crippen molar-refractivity contribution < 1.29 is 0 Å². The Kier molecular flexibility index (Phi) is 16.0. The third-order valence-electron chi connectivity index (χ3n) is 17.9. The second kappa shape index (κ2) is 23.0. The van der Waals surface area contributed by atoms with Crippen LogP contribution in [0.1, 0.15) is 146 Å². The zero-order valence-corrected chi connectivity index (χ0v) is 54.9. The van der Waals surface area contributed by atoms with E-state index in [2.05, 4.69) is 344 Å². The van der Waals surface area contributed by atoms with Gasteiger partial charge in [0.25, 0.3) is 6.71 Å². The molecule has 2 aliphatic heterocycles. The first kappa shape index (κ1) is 60.3. The maximum atomic E-state index is 2.58. The summed E-state index contributed by atoms with van der Waals surface area (Å²) in [6, 6.07) is 87.0. The Bertz CT molecular complexity index is 4210. The Hall–Kier alpha value is -8.40. The molecule has 0 unspecified atom stereocenters. The fourth-order valence-corrected chi connectivity index (χ4v) is 12.8. The number of nitrogens with zero attached hydrogens (tertiary/aromatic N) is 2. The SMILES string of the molecule is CC.CC(C)(C)c1ccc(-c2c3ccccc3cc3ccccc23)cc1.CC(C)(C)c1ccc(-c2cc3c4c(c2)N(c2ccc(C(C)(C)C)cc2)c2cc(C(C)(C)C)ccc2B4c2cc(-c4ccccc4)ccc2N3c2ccc(C(C)(C)C)cc2)cc1. The lowest BCUT2D eigenvalue weighted by atomic mass is 9.33. The molecule has 2 nitrogen and oxygen atoms in total. The lowest BCUT2D eigenvalue weighted by Crippen LogP contribution is -2.61. The molecule has 2 heterocycles. The maximum absolute atomic E-state index is 2.58. The lowest BCUT2D eigenvalue weighted by Gasteiger charge is -2.45. The monoisotopic (exact) mass is 1140 g/mol. The van der Waals surface area contributed by atoms with Gasteiger partial charge in [-0.2, -0.15) is 0 Å². The maximum Gasteiger partial charge on any atom is 0.252 e. The van der Waals surface area contributed by atoms with Crippen LogP contribution in [0.3, 0.4) is 0 Å². The Morgan fingerprint density at radius 3 is 1.10 bits per heavy atom. The zero-order valence-electron chi connectivity index (χ0n) is 54.9. The van der Waals surface area contributed by atoms with Gasteiger partial charge in [-0.15, -0.1) is 0 Å². The molecule has 0 saturated carbocycles. The highest BCUT2D eigenvalue weighted by Crippen LogP contribution is 2.48. The molecule has 0 aromatic heterocycles. The van der Waals surface area contributed by atoms with E-state index in [4.69, 9.17) is 0 Å². The summed E-state index contributed by atoms with van der Waals surface area (Å²) in [6.07, 6.45) is 0. The average Bonchev–Trinajstić information content (AvgIpc) is 0.731. The summed E-state index contributed by atoms with van der Waals surface area (Å²) in [5.74, 6) is 0. The molecule has 0 bridgehead atoms. The van der Waals surface area contributed by atoms with Gasteiger partial charge in [0.05, 0.1) is 0 Å². The molecule has 0 spiro atoms. The number of rotatable bonds is 5. The van der Waals surface area contributed by atoms with Crippen LogP contribution in [0.4, 0.5) is 34.1 Å². The molecule has 0 amide bonds. The van der Waals surface area contributed by atoms with Gasteiger partial charge in [-0.05, 0) is 181 Å². The second-order valence-electron chi connectivity index (χ2n) is 29.1. The zero-order chi connectivity index (χ0) is 62.0. The van der Waals surface area contributed by atoms with Gasteiger partial charge in [0.15, 0.2) is 0 Å². The Balaban J connectivity index is 0.000000250. The Labute approximate surface area is 522 Å². The average molecular weight is 1140 g/mol. The summed E-state index contributed by atoms with van der Waals surface area (Å²) in [5.41, 5.74) is 25.8. The van der Waals surface area contributed by atoms with Crippen LogP contribution in [0.15, 0.2) is 231 Å². The van der Waals surface area contributed by atoms with Gasteiger partial charge in [-0.3, -0.25) is 0 Å². The first-order chi connectivity index (χ1) is 41.3. The number of fused-ring (bicyclic) bond motifs is 6. The van der Waals surface area contributed by atoms with Crippen molar-refractivity contribution >= 4 is 78.8 Å². The molecule has 0 radical (unpaired) electrons. The molecular weight excluding hydrogens is 1050 g/mol. The minimum atomic E-state index is -0.0279. The first-order valence-corrected chi connectivity index (χ1v) is 31.8. The molecule has 13 rings (SSSR count). The highest BCUT2D eigenvalue weighted by molar-refractivity contribution is 7.00. The molecule has 11 aromatic carbocycles. The third-order valence-corrected chi connectivity index (χ3v) is 17.9. The summed E-state index contributed by atoms with van der Waals surface area (Å²) >= 11 is 0. The van der Waals surface area contributed by atoms with Gasteiger partial charge >= 0.3 is 0 Å². The molecule has 0 fully saturated rings. The van der Waals surface area contributed by atoms with Crippen LogP contribution in [0.2, 0.25) is 0 Å². The normalized spacial score (nSPS) is 13.0. The van der Waals surface area contributed by atoms with Crippen molar-refractivity contribution in [2.45, 2.75) is 145 Å². The van der Waals surface area contributed by atoms with E-state index >= 15 is 0 Å². The standard InChI is InChI=1S/C58H61BN2.C24H22.C2H6/c1-55(2,3)42-21-18-39(19-22-42)41-35-52-54-53(36-41)61(47-30-25-44(26-31-47)57(7,8)9)51-37-45(58(10,11)12)27-32-48(51)59(54)49-34-40(38-16-14-13-15-17-38)20-33-50(49)60(52)46-28-23-43(24-29-46)56(4,5)6;1-24(2,3)20-14-12-17(13-15-20)23-21-10-6-4-8-18(21)16-19-9-5-7-11-22(19)23;1-2/h13-37H,1-12H3;4-16H,1-3H3;1-2H3. The molecule has 0 atom stereocenters. The van der Waals surface area contributed by atoms with Crippen LogP contribution < -0.4 is 26.2 Å². The van der Waals surface area contributed by atoms with E-state index in [1.54, 1.807) is 0 Å². The minimum Gasteiger partial charge on any atom is -0.311 e. The predicted octanol–water partition coefficient (Wildman–Crippen LogP) is 22.3. The molecule has 0 N–H and O–H groups in total. The van der Waals surface area contributed by atoms with Gasteiger partial charge in [0.2, 0.25) is 0 Å². The van der Waals surface area contributed by atoms with Gasteiger partial charge < -0.3 is 9.80 Å². The topological polar surface area (TPSA) is 6.48 Å². The molecule has 11 aromatic rings. The molecule has 3 heteroatoms. The largest absolute Gasteiger partial charge is 0.311 e. The van der Waals surface area contributed by atoms with E-state index in [1.807, 2.05) is 13.8 Å². The van der Waals surface area contributed by atoms with E-state index in [9.17, 15) is 0 Å². The van der Waals surface area contributed by atoms with Gasteiger partial charge in [0.1, 0.15) is 0 Å². The quantitative estimate of drug-likeness (QED) is 0.125.